The largest absolute Gasteiger partial charge is 0.352 e. The maximum atomic E-state index is 13.5. The SMILES string of the molecule is CC[C@H](C)NC(=O)[C@H](CC)N(Cc1ccccc1)C(=O)CCc1cccc2ccccc12. The molecule has 0 aliphatic carbocycles. The van der Waals surface area contributed by atoms with Gasteiger partial charge in [-0.1, -0.05) is 86.6 Å². The monoisotopic (exact) mass is 430 g/mol. The van der Waals surface area contributed by atoms with Gasteiger partial charge in [0.15, 0.2) is 0 Å². The van der Waals surface area contributed by atoms with Crippen LogP contribution in [-0.2, 0) is 22.6 Å². The molecule has 4 heteroatoms. The fourth-order valence-corrected chi connectivity index (χ4v) is 4.04. The van der Waals surface area contributed by atoms with Gasteiger partial charge in [-0.15, -0.1) is 0 Å². The lowest BCUT2D eigenvalue weighted by molar-refractivity contribution is -0.141. The summed E-state index contributed by atoms with van der Waals surface area (Å²) < 4.78 is 0. The first-order valence-electron chi connectivity index (χ1n) is 11.6. The molecule has 1 N–H and O–H groups in total. The summed E-state index contributed by atoms with van der Waals surface area (Å²) in [6.07, 6.45) is 2.45. The molecule has 0 bridgehead atoms. The number of hydrogen-bond donors (Lipinski definition) is 1. The van der Waals surface area contributed by atoms with Gasteiger partial charge in [0.1, 0.15) is 6.04 Å². The third-order valence-corrected chi connectivity index (χ3v) is 6.07. The molecule has 168 valence electrons. The van der Waals surface area contributed by atoms with Gasteiger partial charge in [-0.25, -0.2) is 0 Å². The second-order valence-corrected chi connectivity index (χ2v) is 8.39. The molecule has 0 saturated heterocycles. The van der Waals surface area contributed by atoms with Crippen LogP contribution in [0.25, 0.3) is 10.8 Å². The van der Waals surface area contributed by atoms with Crippen LogP contribution in [0, 0.1) is 0 Å². The summed E-state index contributed by atoms with van der Waals surface area (Å²) in [6.45, 7) is 6.44. The molecule has 3 rings (SSSR count). The van der Waals surface area contributed by atoms with Gasteiger partial charge in [0.25, 0.3) is 0 Å². The summed E-state index contributed by atoms with van der Waals surface area (Å²) in [5, 5.41) is 5.43. The van der Waals surface area contributed by atoms with Crippen molar-refractivity contribution >= 4 is 22.6 Å². The number of fused-ring (bicyclic) bond motifs is 1. The van der Waals surface area contributed by atoms with E-state index in [-0.39, 0.29) is 17.9 Å². The standard InChI is InChI=1S/C28H34N2O2/c1-4-21(3)29-28(32)26(5-2)30(20-22-12-7-6-8-13-22)27(31)19-18-24-16-11-15-23-14-9-10-17-25(23)24/h6-17,21,26H,4-5,18-20H2,1-3H3,(H,29,32)/t21-,26-/m0/s1. The molecule has 0 aromatic heterocycles. The van der Waals surface area contributed by atoms with Gasteiger partial charge in [-0.3, -0.25) is 9.59 Å². The molecule has 0 radical (unpaired) electrons. The van der Waals surface area contributed by atoms with E-state index >= 15 is 0 Å². The summed E-state index contributed by atoms with van der Waals surface area (Å²) in [7, 11) is 0. The number of aryl methyl sites for hydroxylation is 1. The van der Waals surface area contributed by atoms with Gasteiger partial charge in [-0.2, -0.15) is 0 Å². The molecular weight excluding hydrogens is 396 g/mol. The Morgan fingerprint density at radius 2 is 1.56 bits per heavy atom. The number of nitrogens with zero attached hydrogens (tertiary/aromatic N) is 1. The molecule has 2 atom stereocenters. The highest BCUT2D eigenvalue weighted by Gasteiger charge is 2.29. The van der Waals surface area contributed by atoms with Crippen LogP contribution in [0.5, 0.6) is 0 Å². The van der Waals surface area contributed by atoms with Crippen molar-refractivity contribution in [1.29, 1.82) is 0 Å². The Balaban J connectivity index is 1.81. The van der Waals surface area contributed by atoms with Crippen LogP contribution >= 0.6 is 0 Å². The van der Waals surface area contributed by atoms with Crippen LogP contribution in [0.3, 0.4) is 0 Å². The molecule has 0 unspecified atom stereocenters. The maximum absolute atomic E-state index is 13.5. The predicted octanol–water partition coefficient (Wildman–Crippen LogP) is 5.49. The molecule has 0 fully saturated rings. The molecule has 4 nitrogen and oxygen atoms in total. The van der Waals surface area contributed by atoms with E-state index in [0.29, 0.717) is 25.8 Å². The minimum Gasteiger partial charge on any atom is -0.352 e. The Bertz CT molecular complexity index is 1030. The van der Waals surface area contributed by atoms with Crippen LogP contribution in [0.4, 0.5) is 0 Å². The van der Waals surface area contributed by atoms with Crippen molar-refractivity contribution in [1.82, 2.24) is 10.2 Å². The van der Waals surface area contributed by atoms with Crippen molar-refractivity contribution in [2.45, 2.75) is 65.1 Å². The van der Waals surface area contributed by atoms with Crippen LogP contribution < -0.4 is 5.32 Å². The Morgan fingerprint density at radius 1 is 0.875 bits per heavy atom. The van der Waals surface area contributed by atoms with Gasteiger partial charge in [0.05, 0.1) is 0 Å². The maximum Gasteiger partial charge on any atom is 0.243 e. The molecular formula is C28H34N2O2. The summed E-state index contributed by atoms with van der Waals surface area (Å²) in [5.74, 6) is -0.0655. The molecule has 0 aliphatic rings. The van der Waals surface area contributed by atoms with Crippen molar-refractivity contribution in [3.8, 4) is 0 Å². The minimum atomic E-state index is -0.482. The summed E-state index contributed by atoms with van der Waals surface area (Å²) in [5.41, 5.74) is 2.19. The topological polar surface area (TPSA) is 49.4 Å². The van der Waals surface area contributed by atoms with Crippen molar-refractivity contribution in [2.24, 2.45) is 0 Å². The lowest BCUT2D eigenvalue weighted by Crippen LogP contribution is -2.50. The van der Waals surface area contributed by atoms with Crippen molar-refractivity contribution in [3.05, 3.63) is 83.9 Å². The van der Waals surface area contributed by atoms with Gasteiger partial charge in [0.2, 0.25) is 11.8 Å². The van der Waals surface area contributed by atoms with E-state index in [9.17, 15) is 9.59 Å². The van der Waals surface area contributed by atoms with Crippen LogP contribution in [0.2, 0.25) is 0 Å². The molecule has 32 heavy (non-hydrogen) atoms. The lowest BCUT2D eigenvalue weighted by Gasteiger charge is -2.31. The highest BCUT2D eigenvalue weighted by Crippen LogP contribution is 2.21. The van der Waals surface area contributed by atoms with E-state index in [1.807, 2.05) is 69.3 Å². The Hall–Kier alpha value is -3.14. The number of rotatable bonds is 10. The minimum absolute atomic E-state index is 0.00735. The molecule has 0 spiro atoms. The van der Waals surface area contributed by atoms with Crippen LogP contribution in [0.1, 0.15) is 51.2 Å². The first kappa shape index (κ1) is 23.5. The van der Waals surface area contributed by atoms with E-state index in [0.717, 1.165) is 17.5 Å². The van der Waals surface area contributed by atoms with E-state index in [2.05, 4.69) is 29.6 Å². The average Bonchev–Trinajstić information content (AvgIpc) is 2.82. The molecule has 0 aliphatic heterocycles. The smallest absolute Gasteiger partial charge is 0.243 e. The van der Waals surface area contributed by atoms with Crippen molar-refractivity contribution < 1.29 is 9.59 Å². The van der Waals surface area contributed by atoms with Gasteiger partial charge < -0.3 is 10.2 Å². The highest BCUT2D eigenvalue weighted by molar-refractivity contribution is 5.89. The van der Waals surface area contributed by atoms with Crippen LogP contribution in [0.15, 0.2) is 72.8 Å². The Kier molecular flexibility index (Phi) is 8.43. The summed E-state index contributed by atoms with van der Waals surface area (Å²) in [6, 6.07) is 24.0. The Labute approximate surface area is 191 Å². The summed E-state index contributed by atoms with van der Waals surface area (Å²) >= 11 is 0. The first-order valence-corrected chi connectivity index (χ1v) is 11.6. The molecule has 3 aromatic carbocycles. The zero-order valence-corrected chi connectivity index (χ0v) is 19.4. The quantitative estimate of drug-likeness (QED) is 0.462. The molecule has 2 amide bonds. The number of carbonyl (C=O) groups is 2. The molecule has 3 aromatic rings. The second-order valence-electron chi connectivity index (χ2n) is 8.39. The Morgan fingerprint density at radius 3 is 2.28 bits per heavy atom. The average molecular weight is 431 g/mol. The van der Waals surface area contributed by atoms with Crippen molar-refractivity contribution in [3.63, 3.8) is 0 Å². The van der Waals surface area contributed by atoms with Gasteiger partial charge in [0, 0.05) is 19.0 Å². The number of hydrogen-bond acceptors (Lipinski definition) is 2. The number of benzene rings is 3. The summed E-state index contributed by atoms with van der Waals surface area (Å²) in [4.78, 5) is 28.2. The number of nitrogens with one attached hydrogen (secondary N) is 1. The van der Waals surface area contributed by atoms with E-state index in [1.165, 1.54) is 10.8 Å². The highest BCUT2D eigenvalue weighted by atomic mass is 16.2. The fraction of sp³-hybridized carbons (Fsp3) is 0.357. The molecule has 0 saturated carbocycles. The van der Waals surface area contributed by atoms with Gasteiger partial charge >= 0.3 is 0 Å². The zero-order chi connectivity index (χ0) is 22.9. The normalized spacial score (nSPS) is 12.8. The van der Waals surface area contributed by atoms with Gasteiger partial charge in [-0.05, 0) is 48.1 Å². The van der Waals surface area contributed by atoms with E-state index in [1.54, 1.807) is 4.90 Å². The zero-order valence-electron chi connectivity index (χ0n) is 19.4. The lowest BCUT2D eigenvalue weighted by atomic mass is 10.00. The third-order valence-electron chi connectivity index (χ3n) is 6.07. The number of amides is 2. The number of carbonyl (C=O) groups excluding carboxylic acids is 2. The fourth-order valence-electron chi connectivity index (χ4n) is 4.04. The third kappa shape index (κ3) is 5.97. The van der Waals surface area contributed by atoms with E-state index < -0.39 is 6.04 Å². The second kappa shape index (κ2) is 11.5. The van der Waals surface area contributed by atoms with Crippen molar-refractivity contribution in [2.75, 3.05) is 0 Å². The first-order chi connectivity index (χ1) is 15.5. The molecule has 0 heterocycles. The van der Waals surface area contributed by atoms with E-state index in [4.69, 9.17) is 0 Å². The van der Waals surface area contributed by atoms with Crippen LogP contribution in [-0.4, -0.2) is 28.8 Å². The predicted molar refractivity (Wildman–Crippen MR) is 131 cm³/mol.